The van der Waals surface area contributed by atoms with Crippen LogP contribution in [0.1, 0.15) is 17.5 Å². The molecule has 6 nitrogen and oxygen atoms in total. The topological polar surface area (TPSA) is 53.1 Å². The van der Waals surface area contributed by atoms with Gasteiger partial charge in [0.1, 0.15) is 0 Å². The van der Waals surface area contributed by atoms with E-state index in [9.17, 15) is 9.59 Å². The molecule has 2 aromatic rings. The first-order valence-electron chi connectivity index (χ1n) is 10.1. The molecule has 0 bridgehead atoms. The third kappa shape index (κ3) is 4.49. The van der Waals surface area contributed by atoms with Crippen molar-refractivity contribution in [1.29, 1.82) is 0 Å². The molecule has 6 heteroatoms. The zero-order valence-electron chi connectivity index (χ0n) is 16.8. The lowest BCUT2D eigenvalue weighted by Gasteiger charge is -2.29. The monoisotopic (exact) mass is 393 g/mol. The molecule has 2 aromatic carbocycles. The molecule has 0 spiro atoms. The minimum atomic E-state index is -0.398. The normalized spacial score (nSPS) is 20.0. The van der Waals surface area contributed by atoms with Gasteiger partial charge in [-0.25, -0.2) is 0 Å². The van der Waals surface area contributed by atoms with Crippen molar-refractivity contribution in [3.8, 4) is 0 Å². The number of amides is 2. The van der Waals surface area contributed by atoms with Crippen LogP contribution in [0.15, 0.2) is 54.6 Å². The maximum absolute atomic E-state index is 12.9. The van der Waals surface area contributed by atoms with Gasteiger partial charge in [-0.15, -0.1) is 0 Å². The lowest BCUT2D eigenvalue weighted by atomic mass is 10.1. The van der Waals surface area contributed by atoms with E-state index in [4.69, 9.17) is 4.74 Å². The van der Waals surface area contributed by atoms with E-state index in [1.54, 1.807) is 0 Å². The summed E-state index contributed by atoms with van der Waals surface area (Å²) in [5.41, 5.74) is 3.29. The molecule has 0 saturated carbocycles. The van der Waals surface area contributed by atoms with E-state index in [1.165, 1.54) is 10.6 Å². The van der Waals surface area contributed by atoms with Crippen LogP contribution in [-0.2, 0) is 27.4 Å². The van der Waals surface area contributed by atoms with Crippen LogP contribution in [0.25, 0.3) is 0 Å². The fourth-order valence-corrected chi connectivity index (χ4v) is 3.97. The molecule has 1 unspecified atom stereocenters. The standard InChI is InChI=1S/C23H27N3O3/c1-24(16-19-7-9-20(10-8-19)25-11-13-29-14-12-25)21-15-22(27)26(23(21)28)17-18-5-3-2-4-6-18/h2-10,21H,11-17H2,1H3. The number of hydrogen-bond acceptors (Lipinski definition) is 5. The van der Waals surface area contributed by atoms with Crippen LogP contribution in [0.4, 0.5) is 5.69 Å². The number of benzene rings is 2. The van der Waals surface area contributed by atoms with E-state index >= 15 is 0 Å². The molecule has 2 saturated heterocycles. The molecular formula is C23H27N3O3. The molecule has 2 aliphatic heterocycles. The molecule has 0 aromatic heterocycles. The van der Waals surface area contributed by atoms with Gasteiger partial charge in [-0.3, -0.25) is 19.4 Å². The first kappa shape index (κ1) is 19.6. The van der Waals surface area contributed by atoms with Crippen LogP contribution in [0, 0.1) is 0 Å². The Balaban J connectivity index is 1.37. The van der Waals surface area contributed by atoms with Gasteiger partial charge in [-0.1, -0.05) is 42.5 Å². The fraction of sp³-hybridized carbons (Fsp3) is 0.391. The van der Waals surface area contributed by atoms with Gasteiger partial charge >= 0.3 is 0 Å². The van der Waals surface area contributed by atoms with Gasteiger partial charge in [0.25, 0.3) is 0 Å². The molecule has 2 amide bonds. The predicted molar refractivity (Wildman–Crippen MR) is 111 cm³/mol. The van der Waals surface area contributed by atoms with E-state index in [0.29, 0.717) is 13.1 Å². The molecule has 0 radical (unpaired) electrons. The van der Waals surface area contributed by atoms with Crippen molar-refractivity contribution in [2.45, 2.75) is 25.6 Å². The van der Waals surface area contributed by atoms with E-state index in [2.05, 4.69) is 29.2 Å². The minimum Gasteiger partial charge on any atom is -0.378 e. The number of morpholine rings is 1. The molecule has 2 aliphatic rings. The largest absolute Gasteiger partial charge is 0.378 e. The van der Waals surface area contributed by atoms with Gasteiger partial charge in [0.15, 0.2) is 0 Å². The van der Waals surface area contributed by atoms with E-state index in [1.807, 2.05) is 42.3 Å². The van der Waals surface area contributed by atoms with Crippen molar-refractivity contribution in [2.24, 2.45) is 0 Å². The summed E-state index contributed by atoms with van der Waals surface area (Å²) >= 11 is 0. The van der Waals surface area contributed by atoms with E-state index in [0.717, 1.165) is 37.4 Å². The Hall–Kier alpha value is -2.70. The quantitative estimate of drug-likeness (QED) is 0.705. The van der Waals surface area contributed by atoms with E-state index in [-0.39, 0.29) is 18.2 Å². The first-order chi connectivity index (χ1) is 14.1. The van der Waals surface area contributed by atoms with Gasteiger partial charge in [-0.05, 0) is 30.3 Å². The number of likely N-dealkylation sites (N-methyl/N-ethyl adjacent to an activating group) is 1. The number of carbonyl (C=O) groups is 2. The Morgan fingerprint density at radius 2 is 1.66 bits per heavy atom. The molecule has 2 fully saturated rings. The van der Waals surface area contributed by atoms with Crippen molar-refractivity contribution in [1.82, 2.24) is 9.80 Å². The second kappa shape index (κ2) is 8.76. The first-order valence-corrected chi connectivity index (χ1v) is 10.1. The lowest BCUT2D eigenvalue weighted by molar-refractivity contribution is -0.140. The van der Waals surface area contributed by atoms with Gasteiger partial charge in [-0.2, -0.15) is 0 Å². The van der Waals surface area contributed by atoms with Crippen molar-refractivity contribution in [3.05, 3.63) is 65.7 Å². The third-order valence-electron chi connectivity index (χ3n) is 5.68. The van der Waals surface area contributed by atoms with Crippen LogP contribution >= 0.6 is 0 Å². The van der Waals surface area contributed by atoms with Gasteiger partial charge in [0.05, 0.1) is 32.2 Å². The molecule has 2 heterocycles. The van der Waals surface area contributed by atoms with Crippen molar-refractivity contribution >= 4 is 17.5 Å². The summed E-state index contributed by atoms with van der Waals surface area (Å²) in [6.07, 6.45) is 0.244. The van der Waals surface area contributed by atoms with Crippen LogP contribution < -0.4 is 4.90 Å². The second-order valence-corrected chi connectivity index (χ2v) is 7.70. The Kier molecular flexibility index (Phi) is 5.92. The number of imide groups is 1. The highest BCUT2D eigenvalue weighted by Gasteiger charge is 2.40. The number of anilines is 1. The van der Waals surface area contributed by atoms with Crippen molar-refractivity contribution in [3.63, 3.8) is 0 Å². The zero-order chi connectivity index (χ0) is 20.2. The van der Waals surface area contributed by atoms with Gasteiger partial charge < -0.3 is 9.64 Å². The van der Waals surface area contributed by atoms with Crippen molar-refractivity contribution in [2.75, 3.05) is 38.3 Å². The summed E-state index contributed by atoms with van der Waals surface area (Å²) < 4.78 is 5.41. The second-order valence-electron chi connectivity index (χ2n) is 7.70. The lowest BCUT2D eigenvalue weighted by Crippen LogP contribution is -2.39. The van der Waals surface area contributed by atoms with Crippen molar-refractivity contribution < 1.29 is 14.3 Å². The number of hydrogen-bond donors (Lipinski definition) is 0. The Morgan fingerprint density at radius 3 is 2.34 bits per heavy atom. The smallest absolute Gasteiger partial charge is 0.247 e. The summed E-state index contributed by atoms with van der Waals surface area (Å²) in [6, 6.07) is 17.7. The Bertz CT molecular complexity index is 847. The molecule has 0 aliphatic carbocycles. The van der Waals surface area contributed by atoms with Crippen LogP contribution in [0.2, 0.25) is 0 Å². The summed E-state index contributed by atoms with van der Waals surface area (Å²) in [7, 11) is 1.91. The zero-order valence-corrected chi connectivity index (χ0v) is 16.8. The predicted octanol–water partition coefficient (Wildman–Crippen LogP) is 2.28. The summed E-state index contributed by atoms with van der Waals surface area (Å²) in [5.74, 6) is -0.204. The molecular weight excluding hydrogens is 366 g/mol. The average Bonchev–Trinajstić information content (AvgIpc) is 3.04. The number of ether oxygens (including phenoxy) is 1. The Labute approximate surface area is 171 Å². The SMILES string of the molecule is CN(Cc1ccc(N2CCOCC2)cc1)C1CC(=O)N(Cc2ccccc2)C1=O. The van der Waals surface area contributed by atoms with Gasteiger partial charge in [0, 0.05) is 25.3 Å². The number of nitrogens with zero attached hydrogens (tertiary/aromatic N) is 3. The average molecular weight is 393 g/mol. The summed E-state index contributed by atoms with van der Waals surface area (Å²) in [4.78, 5) is 31.0. The van der Waals surface area contributed by atoms with Crippen LogP contribution in [0.3, 0.4) is 0 Å². The Morgan fingerprint density at radius 1 is 0.966 bits per heavy atom. The minimum absolute atomic E-state index is 0.0987. The highest BCUT2D eigenvalue weighted by Crippen LogP contribution is 2.23. The maximum atomic E-state index is 12.9. The maximum Gasteiger partial charge on any atom is 0.247 e. The van der Waals surface area contributed by atoms with Gasteiger partial charge in [0.2, 0.25) is 11.8 Å². The summed E-state index contributed by atoms with van der Waals surface area (Å²) in [5, 5.41) is 0. The molecule has 29 heavy (non-hydrogen) atoms. The fourth-order valence-electron chi connectivity index (χ4n) is 3.97. The highest BCUT2D eigenvalue weighted by atomic mass is 16.5. The third-order valence-corrected chi connectivity index (χ3v) is 5.68. The molecule has 152 valence electrons. The summed E-state index contributed by atoms with van der Waals surface area (Å²) in [6.45, 7) is 4.33. The molecule has 4 rings (SSSR count). The van der Waals surface area contributed by atoms with Crippen LogP contribution in [-0.4, -0.2) is 61.0 Å². The highest BCUT2D eigenvalue weighted by molar-refractivity contribution is 6.05. The van der Waals surface area contributed by atoms with E-state index < -0.39 is 6.04 Å². The molecule has 1 atom stereocenters. The number of rotatable bonds is 6. The number of carbonyl (C=O) groups excluding carboxylic acids is 2. The van der Waals surface area contributed by atoms with Crippen LogP contribution in [0.5, 0.6) is 0 Å². The molecule has 0 N–H and O–H groups in total. The number of likely N-dealkylation sites (tertiary alicyclic amines) is 1.